The molecule has 2 heteroatoms. The van der Waals surface area contributed by atoms with Crippen molar-refractivity contribution < 1.29 is 0 Å². The summed E-state index contributed by atoms with van der Waals surface area (Å²) in [4.78, 5) is 0. The fourth-order valence-corrected chi connectivity index (χ4v) is 5.05. The van der Waals surface area contributed by atoms with E-state index in [0.29, 0.717) is 0 Å². The Kier molecular flexibility index (Phi) is 6.59. The normalized spacial score (nSPS) is 12.2. The summed E-state index contributed by atoms with van der Waals surface area (Å²) in [6.45, 7) is 6.94. The van der Waals surface area contributed by atoms with Gasteiger partial charge in [0, 0.05) is 6.08 Å². The van der Waals surface area contributed by atoms with Crippen LogP contribution < -0.4 is 5.19 Å². The van der Waals surface area contributed by atoms with Crippen molar-refractivity contribution in [3.63, 3.8) is 0 Å². The van der Waals surface area contributed by atoms with Gasteiger partial charge in [0.15, 0.2) is 0 Å². The van der Waals surface area contributed by atoms with E-state index in [4.69, 9.17) is 5.26 Å². The molecule has 0 aliphatic carbocycles. The van der Waals surface area contributed by atoms with E-state index in [2.05, 4.69) is 56.4 Å². The molecule has 0 fully saturated rings. The smallest absolute Gasteiger partial charge is 0.108 e. The minimum absolute atomic E-state index is 1.08. The molecule has 0 saturated heterocycles. The van der Waals surface area contributed by atoms with Gasteiger partial charge in [0.25, 0.3) is 0 Å². The first-order chi connectivity index (χ1) is 9.12. The average molecular weight is 271 g/mol. The van der Waals surface area contributed by atoms with E-state index in [1.165, 1.54) is 36.1 Å². The van der Waals surface area contributed by atoms with Crippen LogP contribution >= 0.6 is 0 Å². The number of allylic oxidation sites excluding steroid dienone is 2. The van der Waals surface area contributed by atoms with Crippen LogP contribution in [0.3, 0.4) is 0 Å². The van der Waals surface area contributed by atoms with Crippen molar-refractivity contribution in [3.8, 4) is 6.07 Å². The molecule has 19 heavy (non-hydrogen) atoms. The summed E-state index contributed by atoms with van der Waals surface area (Å²) in [5.74, 6) is 0. The fourth-order valence-electron chi connectivity index (χ4n) is 2.43. The lowest BCUT2D eigenvalue weighted by molar-refractivity contribution is 0.670. The Morgan fingerprint density at radius 1 is 1.16 bits per heavy atom. The van der Waals surface area contributed by atoms with Gasteiger partial charge >= 0.3 is 0 Å². The van der Waals surface area contributed by atoms with Crippen molar-refractivity contribution >= 4 is 13.3 Å². The molecule has 1 aromatic rings. The van der Waals surface area contributed by atoms with E-state index >= 15 is 0 Å². The summed E-state index contributed by atoms with van der Waals surface area (Å²) in [6.07, 6.45) is 7.94. The van der Waals surface area contributed by atoms with Crippen LogP contribution in [0.5, 0.6) is 0 Å². The maximum Gasteiger partial charge on any atom is 0.108 e. The van der Waals surface area contributed by atoms with E-state index in [1.54, 1.807) is 0 Å². The van der Waals surface area contributed by atoms with Gasteiger partial charge in [-0.05, 0) is 12.8 Å². The minimum atomic E-state index is -1.65. The Morgan fingerprint density at radius 3 is 2.42 bits per heavy atom. The third-order valence-corrected chi connectivity index (χ3v) is 7.61. The SMILES string of the molecule is CCCCCC/C(=C\C#N)[Si](C)(C)c1ccccc1. The minimum Gasteiger partial charge on any atom is -0.193 e. The van der Waals surface area contributed by atoms with Crippen LogP contribution in [-0.4, -0.2) is 8.07 Å². The largest absolute Gasteiger partial charge is 0.193 e. The highest BCUT2D eigenvalue weighted by atomic mass is 28.3. The second-order valence-corrected chi connectivity index (χ2v) is 10.1. The first kappa shape index (κ1) is 15.7. The Balaban J connectivity index is 2.81. The number of nitriles is 1. The molecule has 0 bridgehead atoms. The number of unbranched alkanes of at least 4 members (excludes halogenated alkanes) is 3. The van der Waals surface area contributed by atoms with Crippen molar-refractivity contribution in [2.45, 2.75) is 52.1 Å². The highest BCUT2D eigenvalue weighted by molar-refractivity contribution is 6.95. The van der Waals surface area contributed by atoms with Gasteiger partial charge in [-0.25, -0.2) is 0 Å². The third kappa shape index (κ3) is 4.68. The van der Waals surface area contributed by atoms with E-state index < -0.39 is 8.07 Å². The van der Waals surface area contributed by atoms with E-state index in [1.807, 2.05) is 6.08 Å². The first-order valence-electron chi connectivity index (χ1n) is 7.27. The molecular formula is C17H25NSi. The van der Waals surface area contributed by atoms with Crippen LogP contribution in [0.4, 0.5) is 0 Å². The molecule has 0 spiro atoms. The zero-order valence-electron chi connectivity index (χ0n) is 12.4. The Labute approximate surface area is 119 Å². The van der Waals surface area contributed by atoms with E-state index in [-0.39, 0.29) is 0 Å². The Morgan fingerprint density at radius 2 is 1.84 bits per heavy atom. The monoisotopic (exact) mass is 271 g/mol. The lowest BCUT2D eigenvalue weighted by Crippen LogP contribution is -2.43. The highest BCUT2D eigenvalue weighted by Gasteiger charge is 2.27. The molecular weight excluding hydrogens is 246 g/mol. The van der Waals surface area contributed by atoms with Crippen molar-refractivity contribution in [2.24, 2.45) is 0 Å². The molecule has 1 rings (SSSR count). The lowest BCUT2D eigenvalue weighted by Gasteiger charge is -2.26. The lowest BCUT2D eigenvalue weighted by atomic mass is 10.1. The van der Waals surface area contributed by atoms with Crippen LogP contribution in [-0.2, 0) is 0 Å². The van der Waals surface area contributed by atoms with Crippen molar-refractivity contribution in [3.05, 3.63) is 41.6 Å². The van der Waals surface area contributed by atoms with Crippen molar-refractivity contribution in [2.75, 3.05) is 0 Å². The third-order valence-electron chi connectivity index (χ3n) is 3.84. The molecule has 1 aromatic carbocycles. The molecule has 0 amide bonds. The van der Waals surface area contributed by atoms with Crippen LogP contribution in [0, 0.1) is 11.3 Å². The van der Waals surface area contributed by atoms with Crippen LogP contribution in [0.1, 0.15) is 39.0 Å². The second-order valence-electron chi connectivity index (χ2n) is 5.60. The molecule has 0 N–H and O–H groups in total. The Bertz CT molecular complexity index is 440. The predicted molar refractivity (Wildman–Crippen MR) is 86.0 cm³/mol. The van der Waals surface area contributed by atoms with Gasteiger partial charge in [-0.3, -0.25) is 0 Å². The van der Waals surface area contributed by atoms with Crippen LogP contribution in [0.2, 0.25) is 13.1 Å². The van der Waals surface area contributed by atoms with Gasteiger partial charge in [0.2, 0.25) is 0 Å². The molecule has 0 heterocycles. The Hall–Kier alpha value is -1.33. The number of nitrogens with zero attached hydrogens (tertiary/aromatic N) is 1. The van der Waals surface area contributed by atoms with E-state index in [9.17, 15) is 0 Å². The molecule has 0 saturated carbocycles. The van der Waals surface area contributed by atoms with Gasteiger partial charge in [0.1, 0.15) is 8.07 Å². The molecule has 1 nitrogen and oxygen atoms in total. The summed E-state index contributed by atoms with van der Waals surface area (Å²) in [7, 11) is -1.65. The summed E-state index contributed by atoms with van der Waals surface area (Å²) in [5, 5.41) is 11.9. The number of hydrogen-bond donors (Lipinski definition) is 0. The van der Waals surface area contributed by atoms with Crippen LogP contribution in [0.15, 0.2) is 41.6 Å². The molecule has 0 aliphatic heterocycles. The van der Waals surface area contributed by atoms with Crippen LogP contribution in [0.25, 0.3) is 0 Å². The standard InChI is InChI=1S/C17H25NSi/c1-4-5-6-8-13-17(14-15-18)19(2,3)16-11-9-7-10-12-16/h7,9-12,14H,4-6,8,13H2,1-3H3/b17-14+. The van der Waals surface area contributed by atoms with Gasteiger partial charge in [-0.15, -0.1) is 0 Å². The predicted octanol–water partition coefficient (Wildman–Crippen LogP) is 4.56. The number of hydrogen-bond acceptors (Lipinski definition) is 1. The van der Waals surface area contributed by atoms with E-state index in [0.717, 1.165) is 6.42 Å². The van der Waals surface area contributed by atoms with Gasteiger partial charge < -0.3 is 0 Å². The summed E-state index contributed by atoms with van der Waals surface area (Å²) < 4.78 is 0. The fraction of sp³-hybridized carbons (Fsp3) is 0.471. The maximum atomic E-state index is 9.05. The van der Waals surface area contributed by atoms with Gasteiger partial charge in [0.05, 0.1) is 6.07 Å². The first-order valence-corrected chi connectivity index (χ1v) is 10.3. The zero-order valence-corrected chi connectivity index (χ0v) is 13.4. The number of rotatable bonds is 7. The molecule has 0 aliphatic rings. The highest BCUT2D eigenvalue weighted by Crippen LogP contribution is 2.21. The molecule has 102 valence electrons. The van der Waals surface area contributed by atoms with Gasteiger partial charge in [-0.1, -0.05) is 80.0 Å². The quantitative estimate of drug-likeness (QED) is 0.405. The molecule has 0 atom stereocenters. The number of benzene rings is 1. The summed E-state index contributed by atoms with van der Waals surface area (Å²) in [5.41, 5.74) is 0. The second kappa shape index (κ2) is 7.96. The molecule has 0 radical (unpaired) electrons. The molecule has 0 unspecified atom stereocenters. The summed E-state index contributed by atoms with van der Waals surface area (Å²) in [6, 6.07) is 12.9. The topological polar surface area (TPSA) is 23.8 Å². The summed E-state index contributed by atoms with van der Waals surface area (Å²) >= 11 is 0. The molecule has 0 aromatic heterocycles. The van der Waals surface area contributed by atoms with Crippen molar-refractivity contribution in [1.82, 2.24) is 0 Å². The average Bonchev–Trinajstić information content (AvgIpc) is 2.43. The zero-order chi connectivity index (χ0) is 14.1. The van der Waals surface area contributed by atoms with Gasteiger partial charge in [-0.2, -0.15) is 5.26 Å². The van der Waals surface area contributed by atoms with Crippen molar-refractivity contribution in [1.29, 1.82) is 5.26 Å². The maximum absolute atomic E-state index is 9.05.